The highest BCUT2D eigenvalue weighted by atomic mass is 16.6. The third kappa shape index (κ3) is 3.63. The van der Waals surface area contributed by atoms with Crippen molar-refractivity contribution in [3.63, 3.8) is 0 Å². The summed E-state index contributed by atoms with van der Waals surface area (Å²) in [6.07, 6.45) is 0.992. The molecule has 166 valence electrons. The second kappa shape index (κ2) is 7.51. The van der Waals surface area contributed by atoms with Crippen LogP contribution in [0.5, 0.6) is 0 Å². The van der Waals surface area contributed by atoms with Crippen molar-refractivity contribution in [2.75, 3.05) is 5.32 Å². The van der Waals surface area contributed by atoms with Gasteiger partial charge in [-0.2, -0.15) is 0 Å². The molecule has 2 aromatic carbocycles. The minimum Gasteiger partial charge on any atom is -0.343 e. The van der Waals surface area contributed by atoms with Crippen LogP contribution in [0.4, 0.5) is 11.5 Å². The third-order valence-corrected chi connectivity index (χ3v) is 6.21. The van der Waals surface area contributed by atoms with Crippen LogP contribution >= 0.6 is 0 Å². The van der Waals surface area contributed by atoms with Crippen LogP contribution in [0, 0.1) is 15.5 Å². The van der Waals surface area contributed by atoms with E-state index in [2.05, 4.69) is 10.3 Å². The van der Waals surface area contributed by atoms with Crippen LogP contribution in [0.25, 0.3) is 11.4 Å². The number of nitro groups is 1. The molecular formula is C25H22N4O4. The highest BCUT2D eigenvalue weighted by molar-refractivity contribution is 6.01. The normalized spacial score (nSPS) is 18.8. The molecule has 33 heavy (non-hydrogen) atoms. The molecule has 8 nitrogen and oxygen atoms in total. The number of ketones is 1. The lowest BCUT2D eigenvalue weighted by atomic mass is 9.69. The molecule has 5 rings (SSSR count). The number of nitro benzene ring substituents is 1. The van der Waals surface area contributed by atoms with Gasteiger partial charge in [0.05, 0.1) is 10.5 Å². The second-order valence-corrected chi connectivity index (χ2v) is 9.28. The van der Waals surface area contributed by atoms with Gasteiger partial charge in [0.2, 0.25) is 0 Å². The van der Waals surface area contributed by atoms with E-state index in [9.17, 15) is 19.7 Å². The Balaban J connectivity index is 1.72. The number of hydrogen-bond donors (Lipinski definition) is 2. The minimum atomic E-state index is -0.651. The van der Waals surface area contributed by atoms with Crippen molar-refractivity contribution in [3.05, 3.63) is 97.5 Å². The van der Waals surface area contributed by atoms with Gasteiger partial charge in [-0.25, -0.2) is 4.98 Å². The maximum atomic E-state index is 13.3. The molecule has 2 N–H and O–H groups in total. The Bertz CT molecular complexity index is 1370. The van der Waals surface area contributed by atoms with Gasteiger partial charge in [-0.3, -0.25) is 19.7 Å². The van der Waals surface area contributed by atoms with E-state index in [4.69, 9.17) is 4.98 Å². The van der Waals surface area contributed by atoms with Crippen molar-refractivity contribution in [1.82, 2.24) is 9.97 Å². The highest BCUT2D eigenvalue weighted by Crippen LogP contribution is 2.47. The maximum Gasteiger partial charge on any atom is 0.269 e. The van der Waals surface area contributed by atoms with Crippen molar-refractivity contribution in [3.8, 4) is 11.4 Å². The summed E-state index contributed by atoms with van der Waals surface area (Å²) in [5.74, 6) is 0.154. The zero-order valence-corrected chi connectivity index (χ0v) is 18.2. The van der Waals surface area contributed by atoms with E-state index in [0.29, 0.717) is 41.2 Å². The number of non-ortho nitro benzene ring substituents is 1. The molecular weight excluding hydrogens is 420 g/mol. The minimum absolute atomic E-state index is 0.0331. The number of hydrogen-bond acceptors (Lipinski definition) is 6. The summed E-state index contributed by atoms with van der Waals surface area (Å²) in [4.78, 5) is 44.8. The molecule has 1 aliphatic carbocycles. The van der Waals surface area contributed by atoms with Crippen molar-refractivity contribution >= 4 is 17.3 Å². The number of carbonyl (C=O) groups excluding carboxylic acids is 1. The number of aromatic amines is 1. The molecule has 1 atom stereocenters. The first-order chi connectivity index (χ1) is 15.7. The fourth-order valence-electron chi connectivity index (χ4n) is 4.77. The molecule has 2 heterocycles. The molecule has 0 saturated carbocycles. The molecule has 0 saturated heterocycles. The van der Waals surface area contributed by atoms with Gasteiger partial charge in [-0.15, -0.1) is 0 Å². The van der Waals surface area contributed by atoms with Gasteiger partial charge in [0.1, 0.15) is 11.6 Å². The summed E-state index contributed by atoms with van der Waals surface area (Å²) >= 11 is 0. The van der Waals surface area contributed by atoms with E-state index in [0.717, 1.165) is 11.3 Å². The SMILES string of the molecule is CC1(C)CC(=O)C2=C(C1)Nc1nc(-c3ccccc3)[nH]c(=O)c1C2c1ccc([N+](=O)[O-])cc1. The van der Waals surface area contributed by atoms with E-state index in [-0.39, 0.29) is 22.4 Å². The first-order valence-corrected chi connectivity index (χ1v) is 10.7. The highest BCUT2D eigenvalue weighted by Gasteiger charge is 2.42. The number of fused-ring (bicyclic) bond motifs is 1. The molecule has 1 aliphatic heterocycles. The summed E-state index contributed by atoms with van der Waals surface area (Å²) in [5.41, 5.74) is 2.41. The Hall–Kier alpha value is -4.07. The lowest BCUT2D eigenvalue weighted by molar-refractivity contribution is -0.384. The fourth-order valence-corrected chi connectivity index (χ4v) is 4.77. The predicted octanol–water partition coefficient (Wildman–Crippen LogP) is 4.55. The number of nitrogens with zero attached hydrogens (tertiary/aromatic N) is 2. The number of H-pyrrole nitrogens is 1. The first kappa shape index (κ1) is 20.8. The van der Waals surface area contributed by atoms with Crippen LogP contribution < -0.4 is 10.9 Å². The molecule has 3 aromatic rings. The molecule has 0 fully saturated rings. The van der Waals surface area contributed by atoms with Crippen molar-refractivity contribution in [2.45, 2.75) is 32.6 Å². The van der Waals surface area contributed by atoms with Gasteiger partial charge in [-0.1, -0.05) is 56.3 Å². The lowest BCUT2D eigenvalue weighted by Crippen LogP contribution is -2.37. The number of nitrogens with one attached hydrogen (secondary N) is 2. The Morgan fingerprint density at radius 3 is 2.39 bits per heavy atom. The fraction of sp³-hybridized carbons (Fsp3) is 0.240. The average Bonchev–Trinajstić information content (AvgIpc) is 2.77. The van der Waals surface area contributed by atoms with Gasteiger partial charge in [-0.05, 0) is 17.4 Å². The van der Waals surface area contributed by atoms with Gasteiger partial charge in [0.15, 0.2) is 5.78 Å². The standard InChI is InChI=1S/C25H22N4O4/c1-25(2)12-17-20(18(30)13-25)19(14-8-10-16(11-9-14)29(32)33)21-23(26-17)27-22(28-24(21)31)15-6-4-3-5-7-15/h3-11,19H,12-13H2,1-2H3,(H2,26,27,28,31). The van der Waals surface area contributed by atoms with Crippen molar-refractivity contribution < 1.29 is 9.72 Å². The van der Waals surface area contributed by atoms with Crippen molar-refractivity contribution in [1.29, 1.82) is 0 Å². The molecule has 2 aliphatic rings. The van der Waals surface area contributed by atoms with Crippen molar-refractivity contribution in [2.24, 2.45) is 5.41 Å². The third-order valence-electron chi connectivity index (χ3n) is 6.21. The molecule has 0 bridgehead atoms. The summed E-state index contributed by atoms with van der Waals surface area (Å²) in [6, 6.07) is 15.4. The number of allylic oxidation sites excluding steroid dienone is 2. The Labute approximate surface area is 189 Å². The predicted molar refractivity (Wildman–Crippen MR) is 124 cm³/mol. The summed E-state index contributed by atoms with van der Waals surface area (Å²) in [6.45, 7) is 4.07. The Morgan fingerprint density at radius 2 is 1.73 bits per heavy atom. The van der Waals surface area contributed by atoms with E-state index in [1.807, 2.05) is 44.2 Å². The molecule has 0 radical (unpaired) electrons. The topological polar surface area (TPSA) is 118 Å². The van der Waals surface area contributed by atoms with E-state index < -0.39 is 10.8 Å². The molecule has 1 unspecified atom stereocenters. The van der Waals surface area contributed by atoms with E-state index >= 15 is 0 Å². The zero-order chi connectivity index (χ0) is 23.3. The second-order valence-electron chi connectivity index (χ2n) is 9.28. The van der Waals surface area contributed by atoms with Gasteiger partial charge < -0.3 is 10.3 Å². The summed E-state index contributed by atoms with van der Waals surface area (Å²) in [7, 11) is 0. The maximum absolute atomic E-state index is 13.3. The number of benzene rings is 2. The monoisotopic (exact) mass is 442 g/mol. The number of Topliss-reactive ketones (excluding diaryl/α,β-unsaturated/α-hetero) is 1. The summed E-state index contributed by atoms with van der Waals surface area (Å²) in [5, 5.41) is 14.4. The van der Waals surface area contributed by atoms with E-state index in [1.165, 1.54) is 12.1 Å². The summed E-state index contributed by atoms with van der Waals surface area (Å²) < 4.78 is 0. The van der Waals surface area contributed by atoms with Crippen LogP contribution in [0.1, 0.15) is 43.7 Å². The Morgan fingerprint density at radius 1 is 1.03 bits per heavy atom. The van der Waals surface area contributed by atoms with Gasteiger partial charge in [0, 0.05) is 41.3 Å². The van der Waals surface area contributed by atoms with Gasteiger partial charge >= 0.3 is 0 Å². The Kier molecular flexibility index (Phi) is 4.74. The number of aromatic nitrogens is 2. The van der Waals surface area contributed by atoms with Crippen LogP contribution in [0.15, 0.2) is 70.7 Å². The number of anilines is 1. The van der Waals surface area contributed by atoms with Gasteiger partial charge in [0.25, 0.3) is 11.2 Å². The molecule has 1 aromatic heterocycles. The molecule has 0 spiro atoms. The molecule has 0 amide bonds. The van der Waals surface area contributed by atoms with Crippen LogP contribution in [0.2, 0.25) is 0 Å². The smallest absolute Gasteiger partial charge is 0.269 e. The first-order valence-electron chi connectivity index (χ1n) is 10.7. The van der Waals surface area contributed by atoms with E-state index in [1.54, 1.807) is 12.1 Å². The molecule has 8 heteroatoms. The van der Waals surface area contributed by atoms with Crippen LogP contribution in [0.3, 0.4) is 0 Å². The zero-order valence-electron chi connectivity index (χ0n) is 18.2. The van der Waals surface area contributed by atoms with Crippen LogP contribution in [-0.2, 0) is 4.79 Å². The average molecular weight is 442 g/mol. The van der Waals surface area contributed by atoms with Crippen LogP contribution in [-0.4, -0.2) is 20.7 Å². The number of carbonyl (C=O) groups is 1. The largest absolute Gasteiger partial charge is 0.343 e. The number of rotatable bonds is 3. The lowest BCUT2D eigenvalue weighted by Gasteiger charge is -2.38. The quantitative estimate of drug-likeness (QED) is 0.454.